The predicted octanol–water partition coefficient (Wildman–Crippen LogP) is 3.32. The van der Waals surface area contributed by atoms with E-state index in [0.29, 0.717) is 6.42 Å². The molecule has 1 aliphatic carbocycles. The maximum atomic E-state index is 12.9. The van der Waals surface area contributed by atoms with E-state index < -0.39 is 36.3 Å². The van der Waals surface area contributed by atoms with Gasteiger partial charge in [0.15, 0.2) is 0 Å². The molecule has 0 bridgehead atoms. The Balaban J connectivity index is 1.49. The molecule has 1 N–H and O–H groups in total. The minimum Gasteiger partial charge on any atom is -0.343 e. The largest absolute Gasteiger partial charge is 0.343 e. The molecule has 0 spiro atoms. The molecule has 3 unspecified atom stereocenters. The molecule has 4 rings (SSSR count). The Hall–Kier alpha value is -3.00. The van der Waals surface area contributed by atoms with Gasteiger partial charge in [-0.2, -0.15) is 0 Å². The monoisotopic (exact) mass is 439 g/mol. The van der Waals surface area contributed by atoms with E-state index in [2.05, 4.69) is 5.32 Å². The van der Waals surface area contributed by atoms with Crippen LogP contribution in [0.3, 0.4) is 0 Å². The highest BCUT2D eigenvalue weighted by molar-refractivity contribution is 7.10. The molecule has 1 saturated heterocycles. The molecule has 7 nitrogen and oxygen atoms in total. The van der Waals surface area contributed by atoms with Gasteiger partial charge in [0.1, 0.15) is 6.54 Å². The Kier molecular flexibility index (Phi) is 6.18. The third kappa shape index (κ3) is 4.25. The van der Waals surface area contributed by atoms with E-state index in [9.17, 15) is 19.2 Å². The molecule has 31 heavy (non-hydrogen) atoms. The Morgan fingerprint density at radius 1 is 1.06 bits per heavy atom. The molecule has 1 aromatic heterocycles. The highest BCUT2D eigenvalue weighted by Crippen LogP contribution is 2.31. The minimum absolute atomic E-state index is 0.143. The van der Waals surface area contributed by atoms with Crippen molar-refractivity contribution in [3.63, 3.8) is 0 Å². The molecule has 2 heterocycles. The van der Waals surface area contributed by atoms with Gasteiger partial charge in [-0.1, -0.05) is 56.2 Å². The third-order valence-electron chi connectivity index (χ3n) is 6.05. The van der Waals surface area contributed by atoms with Crippen LogP contribution in [-0.4, -0.2) is 46.1 Å². The van der Waals surface area contributed by atoms with Crippen molar-refractivity contribution in [3.05, 3.63) is 58.3 Å². The van der Waals surface area contributed by atoms with Crippen LogP contribution in [-0.2, 0) is 14.4 Å². The lowest BCUT2D eigenvalue weighted by Gasteiger charge is -2.34. The number of nitrogens with one attached hydrogen (secondary N) is 1. The lowest BCUT2D eigenvalue weighted by Crippen LogP contribution is -2.47. The first kappa shape index (κ1) is 21.2. The molecule has 2 aliphatic rings. The maximum absolute atomic E-state index is 12.9. The van der Waals surface area contributed by atoms with Crippen LogP contribution in [0.25, 0.3) is 0 Å². The normalized spacial score (nSPS) is 22.7. The fourth-order valence-electron chi connectivity index (χ4n) is 4.40. The van der Waals surface area contributed by atoms with Crippen LogP contribution in [0, 0.1) is 5.92 Å². The molecule has 1 aliphatic heterocycles. The number of nitrogens with zero attached hydrogens (tertiary/aromatic N) is 2. The zero-order valence-electron chi connectivity index (χ0n) is 17.3. The van der Waals surface area contributed by atoms with Gasteiger partial charge in [-0.3, -0.25) is 19.3 Å². The van der Waals surface area contributed by atoms with Gasteiger partial charge in [-0.05, 0) is 35.8 Å². The van der Waals surface area contributed by atoms with Crippen LogP contribution in [0.2, 0.25) is 0 Å². The molecule has 1 aromatic carbocycles. The molecule has 3 atom stereocenters. The van der Waals surface area contributed by atoms with E-state index in [1.165, 1.54) is 11.3 Å². The van der Waals surface area contributed by atoms with Crippen molar-refractivity contribution in [2.45, 2.75) is 44.7 Å². The number of hydrogen-bond acceptors (Lipinski definition) is 5. The van der Waals surface area contributed by atoms with E-state index in [4.69, 9.17) is 0 Å². The Bertz CT molecular complexity index is 976. The van der Waals surface area contributed by atoms with Crippen LogP contribution in [0.1, 0.15) is 49.1 Å². The minimum atomic E-state index is -0.926. The van der Waals surface area contributed by atoms with Gasteiger partial charge in [0.25, 0.3) is 0 Å². The molecule has 8 heteroatoms. The SMILES string of the molecule is CC1CCCCC1N1C(=O)C(=O)N(CC(=O)NC(c2ccccc2)c2cccs2)C1=O. The van der Waals surface area contributed by atoms with E-state index in [1.807, 2.05) is 54.8 Å². The molecule has 0 radical (unpaired) electrons. The summed E-state index contributed by atoms with van der Waals surface area (Å²) >= 11 is 1.51. The second-order valence-corrected chi connectivity index (χ2v) is 9.08. The number of urea groups is 1. The number of hydrogen-bond donors (Lipinski definition) is 1. The number of benzene rings is 1. The predicted molar refractivity (Wildman–Crippen MR) is 116 cm³/mol. The van der Waals surface area contributed by atoms with Gasteiger partial charge < -0.3 is 5.32 Å². The zero-order valence-corrected chi connectivity index (χ0v) is 18.1. The van der Waals surface area contributed by atoms with Gasteiger partial charge in [0, 0.05) is 10.9 Å². The quantitative estimate of drug-likeness (QED) is 0.553. The summed E-state index contributed by atoms with van der Waals surface area (Å²) in [6.07, 6.45) is 3.58. The van der Waals surface area contributed by atoms with Gasteiger partial charge in [0.2, 0.25) is 5.91 Å². The summed E-state index contributed by atoms with van der Waals surface area (Å²) in [7, 11) is 0. The molecule has 2 aromatic rings. The van der Waals surface area contributed by atoms with Gasteiger partial charge in [-0.15, -0.1) is 11.3 Å². The topological polar surface area (TPSA) is 86.8 Å². The van der Waals surface area contributed by atoms with E-state index >= 15 is 0 Å². The van der Waals surface area contributed by atoms with Gasteiger partial charge in [0.05, 0.1) is 6.04 Å². The summed E-state index contributed by atoms with van der Waals surface area (Å²) in [6.45, 7) is 1.52. The molecule has 2 fully saturated rings. The fraction of sp³-hybridized carbons (Fsp3) is 0.391. The maximum Gasteiger partial charge on any atom is 0.334 e. The second-order valence-electron chi connectivity index (χ2n) is 8.10. The summed E-state index contributed by atoms with van der Waals surface area (Å²) in [4.78, 5) is 53.6. The molecular formula is C23H25N3O4S. The van der Waals surface area contributed by atoms with Gasteiger partial charge in [-0.25, -0.2) is 9.69 Å². The summed E-state index contributed by atoms with van der Waals surface area (Å²) < 4.78 is 0. The van der Waals surface area contributed by atoms with E-state index in [-0.39, 0.29) is 12.0 Å². The molecule has 1 saturated carbocycles. The molecule has 162 valence electrons. The number of thiophene rings is 1. The van der Waals surface area contributed by atoms with Crippen molar-refractivity contribution in [2.24, 2.45) is 5.92 Å². The second kappa shape index (κ2) is 9.01. The van der Waals surface area contributed by atoms with Crippen LogP contribution in [0.5, 0.6) is 0 Å². The van der Waals surface area contributed by atoms with Crippen LogP contribution in [0.15, 0.2) is 47.8 Å². The van der Waals surface area contributed by atoms with Crippen molar-refractivity contribution in [1.29, 1.82) is 0 Å². The summed E-state index contributed by atoms with van der Waals surface area (Å²) in [6, 6.07) is 11.9. The number of rotatable bonds is 6. The summed E-state index contributed by atoms with van der Waals surface area (Å²) in [5.41, 5.74) is 0.895. The number of imide groups is 2. The zero-order chi connectivity index (χ0) is 22.0. The average Bonchev–Trinajstić information content (AvgIpc) is 3.37. The van der Waals surface area contributed by atoms with E-state index in [0.717, 1.165) is 39.5 Å². The van der Waals surface area contributed by atoms with Crippen molar-refractivity contribution < 1.29 is 19.2 Å². The Labute approximate surface area is 185 Å². The van der Waals surface area contributed by atoms with Crippen LogP contribution >= 0.6 is 11.3 Å². The Morgan fingerprint density at radius 3 is 2.48 bits per heavy atom. The lowest BCUT2D eigenvalue weighted by molar-refractivity contribution is -0.145. The van der Waals surface area contributed by atoms with E-state index in [1.54, 1.807) is 0 Å². The standard InChI is InChI=1S/C23H25N3O4S/c1-15-8-5-6-11-17(15)26-22(29)21(28)25(23(26)30)14-19(27)24-20(18-12-7-13-31-18)16-9-3-2-4-10-16/h2-4,7,9-10,12-13,15,17,20H,5-6,8,11,14H2,1H3,(H,24,27). The van der Waals surface area contributed by atoms with Crippen LogP contribution in [0.4, 0.5) is 4.79 Å². The molecular weight excluding hydrogens is 414 g/mol. The number of carbonyl (C=O) groups is 4. The molecule has 5 amide bonds. The summed E-state index contributed by atoms with van der Waals surface area (Å²) in [5.74, 6) is -2.10. The third-order valence-corrected chi connectivity index (χ3v) is 6.99. The first-order valence-electron chi connectivity index (χ1n) is 10.5. The van der Waals surface area contributed by atoms with Crippen LogP contribution < -0.4 is 5.32 Å². The highest BCUT2D eigenvalue weighted by atomic mass is 32.1. The number of carbonyl (C=O) groups excluding carboxylic acids is 4. The smallest absolute Gasteiger partial charge is 0.334 e. The lowest BCUT2D eigenvalue weighted by atomic mass is 9.85. The average molecular weight is 440 g/mol. The van der Waals surface area contributed by atoms with Gasteiger partial charge >= 0.3 is 17.8 Å². The number of amides is 5. The summed E-state index contributed by atoms with van der Waals surface area (Å²) in [5, 5.41) is 4.84. The first-order chi connectivity index (χ1) is 15.0. The fourth-order valence-corrected chi connectivity index (χ4v) is 5.21. The highest BCUT2D eigenvalue weighted by Gasteiger charge is 2.49. The van der Waals surface area contributed by atoms with Crippen molar-refractivity contribution >= 4 is 35.1 Å². The van der Waals surface area contributed by atoms with Crippen molar-refractivity contribution in [2.75, 3.05) is 6.54 Å². The Morgan fingerprint density at radius 2 is 1.81 bits per heavy atom. The van der Waals surface area contributed by atoms with Crippen molar-refractivity contribution in [1.82, 2.24) is 15.1 Å². The van der Waals surface area contributed by atoms with Crippen molar-refractivity contribution in [3.8, 4) is 0 Å². The first-order valence-corrected chi connectivity index (χ1v) is 11.4.